The van der Waals surface area contributed by atoms with Crippen molar-refractivity contribution in [2.24, 2.45) is 5.73 Å². The number of aliphatic hydroxyl groups is 1. The van der Waals surface area contributed by atoms with E-state index in [4.69, 9.17) is 5.73 Å². The first-order valence-electron chi connectivity index (χ1n) is 7.67. The number of amides is 1. The highest BCUT2D eigenvalue weighted by molar-refractivity contribution is 5.93. The lowest BCUT2D eigenvalue weighted by Crippen LogP contribution is -2.42. The summed E-state index contributed by atoms with van der Waals surface area (Å²) < 4.78 is 0. The second kappa shape index (κ2) is 8.12. The zero-order valence-corrected chi connectivity index (χ0v) is 12.4. The van der Waals surface area contributed by atoms with Crippen LogP contribution in [0.5, 0.6) is 0 Å². The van der Waals surface area contributed by atoms with Gasteiger partial charge in [-0.2, -0.15) is 0 Å². The van der Waals surface area contributed by atoms with Gasteiger partial charge in [-0.3, -0.25) is 9.69 Å². The molecule has 1 saturated heterocycles. The number of nitrogens with one attached hydrogen (secondary N) is 1. The Hall–Kier alpha value is -1.43. The molecule has 1 unspecified atom stereocenters. The van der Waals surface area contributed by atoms with Crippen LogP contribution in [0.2, 0.25) is 0 Å². The predicted molar refractivity (Wildman–Crippen MR) is 83.9 cm³/mol. The minimum absolute atomic E-state index is 0.0451. The molecule has 4 N–H and O–H groups in total. The molecule has 1 atom stereocenters. The second-order valence-electron chi connectivity index (χ2n) is 5.57. The van der Waals surface area contributed by atoms with Crippen LogP contribution >= 0.6 is 0 Å². The molecule has 21 heavy (non-hydrogen) atoms. The zero-order valence-electron chi connectivity index (χ0n) is 12.4. The number of nitrogens with zero attached hydrogens (tertiary/aromatic N) is 1. The fraction of sp³-hybridized carbons (Fsp3) is 0.562. The van der Waals surface area contributed by atoms with Gasteiger partial charge in [0.15, 0.2) is 0 Å². The Balaban J connectivity index is 1.96. The highest BCUT2D eigenvalue weighted by Crippen LogP contribution is 2.17. The van der Waals surface area contributed by atoms with E-state index in [9.17, 15) is 9.90 Å². The van der Waals surface area contributed by atoms with Gasteiger partial charge < -0.3 is 16.2 Å². The Morgan fingerprint density at radius 2 is 2.14 bits per heavy atom. The van der Waals surface area contributed by atoms with Gasteiger partial charge in [-0.1, -0.05) is 31.0 Å². The molecule has 0 saturated carbocycles. The van der Waals surface area contributed by atoms with Crippen molar-refractivity contribution in [2.75, 3.05) is 25.0 Å². The number of para-hydroxylation sites is 1. The first-order chi connectivity index (χ1) is 10.2. The number of aliphatic hydroxyl groups excluding tert-OH is 1. The van der Waals surface area contributed by atoms with Crippen LogP contribution < -0.4 is 11.1 Å². The highest BCUT2D eigenvalue weighted by Gasteiger charge is 2.22. The third-order valence-corrected chi connectivity index (χ3v) is 4.07. The van der Waals surface area contributed by atoms with Crippen molar-refractivity contribution < 1.29 is 9.90 Å². The van der Waals surface area contributed by atoms with Gasteiger partial charge >= 0.3 is 0 Å². The quantitative estimate of drug-likeness (QED) is 0.764. The smallest absolute Gasteiger partial charge is 0.238 e. The summed E-state index contributed by atoms with van der Waals surface area (Å²) in [4.78, 5) is 14.3. The molecular formula is C16H25N3O2. The number of carbonyl (C=O) groups is 1. The molecule has 1 aliphatic rings. The maximum atomic E-state index is 12.2. The summed E-state index contributed by atoms with van der Waals surface area (Å²) in [6, 6.07) is 7.68. The number of anilines is 1. The minimum Gasteiger partial charge on any atom is -0.395 e. The standard InChI is InChI=1S/C16H25N3O2/c17-10-13-6-3-4-8-15(13)18-16(21)11-19-9-5-1-2-7-14(19)12-20/h3-4,6,8,14,20H,1-2,5,7,9-12,17H2,(H,18,21). The average molecular weight is 291 g/mol. The van der Waals surface area contributed by atoms with Crippen molar-refractivity contribution in [1.29, 1.82) is 0 Å². The van der Waals surface area contributed by atoms with Crippen LogP contribution in [0.15, 0.2) is 24.3 Å². The molecule has 1 fully saturated rings. The molecule has 0 aromatic heterocycles. The lowest BCUT2D eigenvalue weighted by Gasteiger charge is -2.27. The lowest BCUT2D eigenvalue weighted by molar-refractivity contribution is -0.118. The Morgan fingerprint density at radius 3 is 2.90 bits per heavy atom. The largest absolute Gasteiger partial charge is 0.395 e. The Morgan fingerprint density at radius 1 is 1.33 bits per heavy atom. The van der Waals surface area contributed by atoms with Crippen molar-refractivity contribution in [3.05, 3.63) is 29.8 Å². The molecule has 0 radical (unpaired) electrons. The van der Waals surface area contributed by atoms with Crippen LogP contribution in [0.4, 0.5) is 5.69 Å². The van der Waals surface area contributed by atoms with Gasteiger partial charge in [-0.15, -0.1) is 0 Å². The molecule has 116 valence electrons. The number of rotatable bonds is 5. The van der Waals surface area contributed by atoms with E-state index < -0.39 is 0 Å². The fourth-order valence-electron chi connectivity index (χ4n) is 2.85. The second-order valence-corrected chi connectivity index (χ2v) is 5.57. The molecule has 1 aromatic rings. The van der Waals surface area contributed by atoms with E-state index in [1.54, 1.807) is 0 Å². The van der Waals surface area contributed by atoms with Crippen LogP contribution in [0.25, 0.3) is 0 Å². The van der Waals surface area contributed by atoms with Crippen LogP contribution in [0.3, 0.4) is 0 Å². The van der Waals surface area contributed by atoms with Gasteiger partial charge in [-0.25, -0.2) is 0 Å². The van der Waals surface area contributed by atoms with E-state index in [1.807, 2.05) is 24.3 Å². The van der Waals surface area contributed by atoms with Crippen molar-refractivity contribution >= 4 is 11.6 Å². The van der Waals surface area contributed by atoms with Gasteiger partial charge in [0.2, 0.25) is 5.91 Å². The predicted octanol–water partition coefficient (Wildman–Crippen LogP) is 1.32. The number of hydrogen-bond donors (Lipinski definition) is 3. The van der Waals surface area contributed by atoms with Gasteiger partial charge in [-0.05, 0) is 31.0 Å². The van der Waals surface area contributed by atoms with E-state index in [1.165, 1.54) is 6.42 Å². The van der Waals surface area contributed by atoms with E-state index >= 15 is 0 Å². The zero-order chi connectivity index (χ0) is 15.1. The molecule has 1 heterocycles. The third-order valence-electron chi connectivity index (χ3n) is 4.07. The Bertz CT molecular complexity index is 465. The van der Waals surface area contributed by atoms with E-state index in [2.05, 4.69) is 10.2 Å². The maximum Gasteiger partial charge on any atom is 0.238 e. The molecule has 1 aromatic carbocycles. The summed E-state index contributed by atoms with van der Waals surface area (Å²) in [5.74, 6) is -0.0451. The molecule has 5 heteroatoms. The SMILES string of the molecule is NCc1ccccc1NC(=O)CN1CCCCCC1CO. The molecule has 0 spiro atoms. The summed E-state index contributed by atoms with van der Waals surface area (Å²) in [6.45, 7) is 1.72. The van der Waals surface area contributed by atoms with E-state index in [0.29, 0.717) is 13.1 Å². The van der Waals surface area contributed by atoms with Gasteiger partial charge in [0.1, 0.15) is 0 Å². The number of benzene rings is 1. The first kappa shape index (κ1) is 15.9. The normalized spacial score (nSPS) is 20.0. The minimum atomic E-state index is -0.0451. The van der Waals surface area contributed by atoms with Gasteiger partial charge in [0.05, 0.1) is 13.2 Å². The Kier molecular flexibility index (Phi) is 6.17. The van der Waals surface area contributed by atoms with E-state index in [0.717, 1.165) is 37.1 Å². The maximum absolute atomic E-state index is 12.2. The third kappa shape index (κ3) is 4.52. The summed E-state index contributed by atoms with van der Waals surface area (Å²) in [5.41, 5.74) is 7.39. The van der Waals surface area contributed by atoms with Gasteiger partial charge in [0.25, 0.3) is 0 Å². The fourth-order valence-corrected chi connectivity index (χ4v) is 2.85. The first-order valence-corrected chi connectivity index (χ1v) is 7.67. The molecule has 0 aliphatic carbocycles. The monoisotopic (exact) mass is 291 g/mol. The number of likely N-dealkylation sites (tertiary alicyclic amines) is 1. The number of nitrogens with two attached hydrogens (primary N) is 1. The van der Waals surface area contributed by atoms with E-state index in [-0.39, 0.29) is 18.6 Å². The van der Waals surface area contributed by atoms with Crippen molar-refractivity contribution in [3.63, 3.8) is 0 Å². The average Bonchev–Trinajstić information content (AvgIpc) is 2.72. The lowest BCUT2D eigenvalue weighted by atomic mass is 10.1. The van der Waals surface area contributed by atoms with Crippen LogP contribution in [0.1, 0.15) is 31.2 Å². The molecule has 5 nitrogen and oxygen atoms in total. The topological polar surface area (TPSA) is 78.6 Å². The summed E-state index contributed by atoms with van der Waals surface area (Å²) >= 11 is 0. The van der Waals surface area contributed by atoms with Gasteiger partial charge in [0, 0.05) is 18.3 Å². The molecule has 1 aliphatic heterocycles. The van der Waals surface area contributed by atoms with Crippen LogP contribution in [0, 0.1) is 0 Å². The summed E-state index contributed by atoms with van der Waals surface area (Å²) in [6.07, 6.45) is 4.34. The van der Waals surface area contributed by atoms with Crippen LogP contribution in [-0.4, -0.2) is 41.7 Å². The molecule has 0 bridgehead atoms. The number of hydrogen-bond acceptors (Lipinski definition) is 4. The highest BCUT2D eigenvalue weighted by atomic mass is 16.3. The summed E-state index contributed by atoms with van der Waals surface area (Å²) in [5, 5.41) is 12.4. The number of carbonyl (C=O) groups excluding carboxylic acids is 1. The summed E-state index contributed by atoms with van der Waals surface area (Å²) in [7, 11) is 0. The van der Waals surface area contributed by atoms with Crippen molar-refractivity contribution in [2.45, 2.75) is 38.3 Å². The van der Waals surface area contributed by atoms with Crippen molar-refractivity contribution in [3.8, 4) is 0 Å². The molecule has 1 amide bonds. The van der Waals surface area contributed by atoms with Crippen molar-refractivity contribution in [1.82, 2.24) is 4.90 Å². The molecular weight excluding hydrogens is 266 g/mol. The molecule has 2 rings (SSSR count). The Labute approximate surface area is 126 Å². The van der Waals surface area contributed by atoms with Crippen LogP contribution in [-0.2, 0) is 11.3 Å².